The summed E-state index contributed by atoms with van der Waals surface area (Å²) < 4.78 is 0. The van der Waals surface area contributed by atoms with Crippen molar-refractivity contribution in [2.75, 3.05) is 13.1 Å². The van der Waals surface area contributed by atoms with E-state index in [0.717, 1.165) is 43.6 Å². The van der Waals surface area contributed by atoms with Crippen LogP contribution in [-0.2, 0) is 12.8 Å². The normalized spacial score (nSPS) is 19.7. The minimum Gasteiger partial charge on any atom is -0.338 e. The molecule has 0 radical (unpaired) electrons. The number of hydrogen-bond acceptors (Lipinski definition) is 3. The molecule has 2 aliphatic rings. The van der Waals surface area contributed by atoms with Crippen LogP contribution in [0.4, 0.5) is 0 Å². The quantitative estimate of drug-likeness (QED) is 0.866. The number of carbonyl (C=O) groups excluding carboxylic acids is 1. The highest BCUT2D eigenvalue weighted by Crippen LogP contribution is 2.30. The first-order valence-corrected chi connectivity index (χ1v) is 7.72. The van der Waals surface area contributed by atoms with Crippen LogP contribution >= 0.6 is 23.7 Å². The Bertz CT molecular complexity index is 429. The summed E-state index contributed by atoms with van der Waals surface area (Å²) >= 11 is 1.72. The molecule has 1 fully saturated rings. The largest absolute Gasteiger partial charge is 0.338 e. The summed E-state index contributed by atoms with van der Waals surface area (Å²) in [7, 11) is 0. The SMILES string of the molecule is Cl.NC1CCN(C(=O)c2cc3c(s2)CCCC3)CC1. The lowest BCUT2D eigenvalue weighted by Gasteiger charge is -2.29. The topological polar surface area (TPSA) is 46.3 Å². The molecule has 0 aromatic carbocycles. The first-order valence-electron chi connectivity index (χ1n) is 6.90. The highest BCUT2D eigenvalue weighted by atomic mass is 35.5. The summed E-state index contributed by atoms with van der Waals surface area (Å²) in [5.41, 5.74) is 7.30. The number of carbonyl (C=O) groups is 1. The molecule has 2 heterocycles. The van der Waals surface area contributed by atoms with Gasteiger partial charge in [0.05, 0.1) is 4.88 Å². The molecule has 1 amide bonds. The van der Waals surface area contributed by atoms with Gasteiger partial charge in [-0.3, -0.25) is 4.79 Å². The first kappa shape index (κ1) is 14.8. The third-order valence-corrected chi connectivity index (χ3v) is 5.26. The summed E-state index contributed by atoms with van der Waals surface area (Å²) in [4.78, 5) is 16.8. The van der Waals surface area contributed by atoms with Crippen LogP contribution in [0.5, 0.6) is 0 Å². The Morgan fingerprint density at radius 3 is 2.63 bits per heavy atom. The van der Waals surface area contributed by atoms with Crippen molar-refractivity contribution < 1.29 is 4.79 Å². The van der Waals surface area contributed by atoms with Crippen molar-refractivity contribution >= 4 is 29.7 Å². The standard InChI is InChI=1S/C14H20N2OS.ClH/c15-11-5-7-16(8-6-11)14(17)13-9-10-3-1-2-4-12(10)18-13;/h9,11H,1-8,15H2;1H. The fraction of sp³-hybridized carbons (Fsp3) is 0.643. The molecule has 3 rings (SSSR count). The number of likely N-dealkylation sites (tertiary alicyclic amines) is 1. The van der Waals surface area contributed by atoms with E-state index in [1.54, 1.807) is 11.3 Å². The van der Waals surface area contributed by atoms with E-state index in [1.165, 1.54) is 23.3 Å². The van der Waals surface area contributed by atoms with Crippen LogP contribution in [0.25, 0.3) is 0 Å². The zero-order valence-electron chi connectivity index (χ0n) is 11.1. The van der Waals surface area contributed by atoms with E-state index in [0.29, 0.717) is 0 Å². The van der Waals surface area contributed by atoms with E-state index in [4.69, 9.17) is 5.73 Å². The first-order chi connectivity index (χ1) is 8.74. The van der Waals surface area contributed by atoms with Crippen molar-refractivity contribution in [1.82, 2.24) is 4.90 Å². The molecular weight excluding hydrogens is 280 g/mol. The second kappa shape index (κ2) is 6.25. The van der Waals surface area contributed by atoms with E-state index in [2.05, 4.69) is 6.07 Å². The molecule has 3 nitrogen and oxygen atoms in total. The Balaban J connectivity index is 0.00000133. The van der Waals surface area contributed by atoms with Crippen molar-refractivity contribution in [2.45, 2.75) is 44.6 Å². The van der Waals surface area contributed by atoms with E-state index in [-0.39, 0.29) is 24.4 Å². The zero-order valence-corrected chi connectivity index (χ0v) is 12.7. The third-order valence-electron chi connectivity index (χ3n) is 4.03. The van der Waals surface area contributed by atoms with Gasteiger partial charge in [0.2, 0.25) is 0 Å². The number of fused-ring (bicyclic) bond motifs is 1. The maximum Gasteiger partial charge on any atom is 0.263 e. The number of thiophene rings is 1. The van der Waals surface area contributed by atoms with Gasteiger partial charge in [-0.15, -0.1) is 23.7 Å². The molecule has 1 aromatic heterocycles. The monoisotopic (exact) mass is 300 g/mol. The van der Waals surface area contributed by atoms with Gasteiger partial charge in [-0.2, -0.15) is 0 Å². The van der Waals surface area contributed by atoms with Gasteiger partial charge >= 0.3 is 0 Å². The lowest BCUT2D eigenvalue weighted by Crippen LogP contribution is -2.42. The molecular formula is C14H21ClN2OS. The van der Waals surface area contributed by atoms with Gasteiger partial charge < -0.3 is 10.6 Å². The van der Waals surface area contributed by atoms with Crippen molar-refractivity contribution in [1.29, 1.82) is 0 Å². The summed E-state index contributed by atoms with van der Waals surface area (Å²) in [5.74, 6) is 0.223. The number of nitrogens with two attached hydrogens (primary N) is 1. The Labute approximate surface area is 124 Å². The minimum atomic E-state index is 0. The van der Waals surface area contributed by atoms with Crippen molar-refractivity contribution in [3.8, 4) is 0 Å². The molecule has 2 N–H and O–H groups in total. The second-order valence-electron chi connectivity index (χ2n) is 5.40. The number of hydrogen-bond donors (Lipinski definition) is 1. The number of halogens is 1. The molecule has 1 aliphatic carbocycles. The number of piperidine rings is 1. The highest BCUT2D eigenvalue weighted by Gasteiger charge is 2.24. The molecule has 0 bridgehead atoms. The maximum atomic E-state index is 12.4. The van der Waals surface area contributed by atoms with Crippen LogP contribution in [0.1, 0.15) is 45.8 Å². The maximum absolute atomic E-state index is 12.4. The average Bonchev–Trinajstić information content (AvgIpc) is 2.82. The summed E-state index contributed by atoms with van der Waals surface area (Å²) in [6.07, 6.45) is 6.76. The lowest BCUT2D eigenvalue weighted by atomic mass is 9.99. The van der Waals surface area contributed by atoms with Crippen LogP contribution in [0.2, 0.25) is 0 Å². The van der Waals surface area contributed by atoms with Gasteiger partial charge in [0.25, 0.3) is 5.91 Å². The number of nitrogens with zero attached hydrogens (tertiary/aromatic N) is 1. The molecule has 0 saturated carbocycles. The average molecular weight is 301 g/mol. The predicted molar refractivity (Wildman–Crippen MR) is 81.3 cm³/mol. The molecule has 0 spiro atoms. The predicted octanol–water partition coefficient (Wildman–Crippen LogP) is 2.61. The molecule has 1 aromatic rings. The molecule has 0 unspecified atom stereocenters. The van der Waals surface area contributed by atoms with Gasteiger partial charge in [0, 0.05) is 24.0 Å². The van der Waals surface area contributed by atoms with Crippen LogP contribution in [-0.4, -0.2) is 29.9 Å². The van der Waals surface area contributed by atoms with Gasteiger partial charge in [0.1, 0.15) is 0 Å². The fourth-order valence-corrected chi connectivity index (χ4v) is 4.08. The smallest absolute Gasteiger partial charge is 0.263 e. The third kappa shape index (κ3) is 3.12. The van der Waals surface area contributed by atoms with Gasteiger partial charge in [-0.05, 0) is 50.2 Å². The van der Waals surface area contributed by atoms with E-state index in [1.807, 2.05) is 4.90 Å². The van der Waals surface area contributed by atoms with Gasteiger partial charge in [0.15, 0.2) is 0 Å². The Hall–Kier alpha value is -0.580. The Morgan fingerprint density at radius 2 is 1.95 bits per heavy atom. The Morgan fingerprint density at radius 1 is 1.26 bits per heavy atom. The van der Waals surface area contributed by atoms with Crippen LogP contribution in [0.15, 0.2) is 6.07 Å². The lowest BCUT2D eigenvalue weighted by molar-refractivity contribution is 0.0719. The molecule has 106 valence electrons. The summed E-state index contributed by atoms with van der Waals surface area (Å²) in [6, 6.07) is 2.42. The second-order valence-corrected chi connectivity index (χ2v) is 6.53. The van der Waals surface area contributed by atoms with E-state index >= 15 is 0 Å². The minimum absolute atomic E-state index is 0. The number of aryl methyl sites for hydroxylation is 2. The van der Waals surface area contributed by atoms with Crippen LogP contribution in [0, 0.1) is 0 Å². The highest BCUT2D eigenvalue weighted by molar-refractivity contribution is 7.14. The fourth-order valence-electron chi connectivity index (χ4n) is 2.85. The van der Waals surface area contributed by atoms with Gasteiger partial charge in [-0.25, -0.2) is 0 Å². The van der Waals surface area contributed by atoms with Gasteiger partial charge in [-0.1, -0.05) is 0 Å². The number of rotatable bonds is 1. The summed E-state index contributed by atoms with van der Waals surface area (Å²) in [5, 5.41) is 0. The van der Waals surface area contributed by atoms with Crippen LogP contribution in [0.3, 0.4) is 0 Å². The van der Waals surface area contributed by atoms with Crippen molar-refractivity contribution in [3.05, 3.63) is 21.4 Å². The van der Waals surface area contributed by atoms with Crippen LogP contribution < -0.4 is 5.73 Å². The summed E-state index contributed by atoms with van der Waals surface area (Å²) in [6.45, 7) is 1.64. The van der Waals surface area contributed by atoms with Crippen molar-refractivity contribution in [3.63, 3.8) is 0 Å². The molecule has 5 heteroatoms. The molecule has 1 aliphatic heterocycles. The van der Waals surface area contributed by atoms with E-state index < -0.39 is 0 Å². The molecule has 0 atom stereocenters. The Kier molecular flexibility index (Phi) is 4.87. The zero-order chi connectivity index (χ0) is 12.5. The van der Waals surface area contributed by atoms with Crippen molar-refractivity contribution in [2.24, 2.45) is 5.73 Å². The molecule has 19 heavy (non-hydrogen) atoms. The molecule has 1 saturated heterocycles. The van der Waals surface area contributed by atoms with E-state index in [9.17, 15) is 4.79 Å². The number of amides is 1.